The van der Waals surface area contributed by atoms with Crippen LogP contribution in [0.4, 0.5) is 5.82 Å². The van der Waals surface area contributed by atoms with Crippen molar-refractivity contribution in [1.29, 1.82) is 0 Å². The average Bonchev–Trinajstić information content (AvgIpc) is 2.18. The lowest BCUT2D eigenvalue weighted by atomic mass is 10.4. The van der Waals surface area contributed by atoms with Gasteiger partial charge in [-0.2, -0.15) is 4.31 Å². The maximum absolute atomic E-state index is 12.2. The molecule has 0 unspecified atom stereocenters. The number of nitrogens with zero attached hydrogens (tertiary/aromatic N) is 2. The summed E-state index contributed by atoms with van der Waals surface area (Å²) >= 11 is 0. The molecule has 0 saturated carbocycles. The minimum Gasteiger partial charge on any atom is -0.384 e. The Bertz CT molecular complexity index is 467. The first-order valence-electron chi connectivity index (χ1n) is 5.16. The molecule has 0 bridgehead atoms. The highest BCUT2D eigenvalue weighted by Crippen LogP contribution is 2.19. The minimum absolute atomic E-state index is 0.227. The highest BCUT2D eigenvalue weighted by molar-refractivity contribution is 7.89. The van der Waals surface area contributed by atoms with Gasteiger partial charge in [0.15, 0.2) is 0 Å². The smallest absolute Gasteiger partial charge is 0.244 e. The molecule has 1 aromatic rings. The number of aryl methyl sites for hydroxylation is 1. The van der Waals surface area contributed by atoms with E-state index >= 15 is 0 Å². The number of anilines is 1. The Morgan fingerprint density at radius 2 is 1.88 bits per heavy atom. The standard InChI is InChI=1S/C10H17N3O2S/c1-4-13(5-2)16(14,15)9-6-7-10(11)12-8(9)3/h6-7H,4-5H2,1-3H3,(H2,11,12). The lowest BCUT2D eigenvalue weighted by molar-refractivity contribution is 0.444. The molecule has 0 saturated heterocycles. The molecule has 5 nitrogen and oxygen atoms in total. The second kappa shape index (κ2) is 4.80. The number of hydrogen-bond acceptors (Lipinski definition) is 4. The number of hydrogen-bond donors (Lipinski definition) is 1. The Labute approximate surface area is 96.3 Å². The monoisotopic (exact) mass is 243 g/mol. The molecule has 0 aromatic carbocycles. The number of sulfonamides is 1. The summed E-state index contributed by atoms with van der Waals surface area (Å²) in [5, 5.41) is 0. The number of pyridine rings is 1. The second-order valence-corrected chi connectivity index (χ2v) is 5.32. The molecule has 1 aromatic heterocycles. The zero-order valence-electron chi connectivity index (χ0n) is 9.77. The van der Waals surface area contributed by atoms with Crippen LogP contribution in [-0.4, -0.2) is 30.8 Å². The first-order valence-corrected chi connectivity index (χ1v) is 6.60. The largest absolute Gasteiger partial charge is 0.384 e. The van der Waals surface area contributed by atoms with Crippen LogP contribution in [-0.2, 0) is 10.0 Å². The fraction of sp³-hybridized carbons (Fsp3) is 0.500. The SMILES string of the molecule is CCN(CC)S(=O)(=O)c1ccc(N)nc1C. The molecule has 0 spiro atoms. The van der Waals surface area contributed by atoms with Crippen molar-refractivity contribution < 1.29 is 8.42 Å². The van der Waals surface area contributed by atoms with Crippen molar-refractivity contribution >= 4 is 15.8 Å². The Kier molecular flexibility index (Phi) is 3.88. The fourth-order valence-corrected chi connectivity index (χ4v) is 3.16. The highest BCUT2D eigenvalue weighted by atomic mass is 32.2. The van der Waals surface area contributed by atoms with Gasteiger partial charge >= 0.3 is 0 Å². The van der Waals surface area contributed by atoms with Crippen molar-refractivity contribution in [2.75, 3.05) is 18.8 Å². The maximum atomic E-state index is 12.2. The summed E-state index contributed by atoms with van der Waals surface area (Å²) in [5.74, 6) is 0.330. The van der Waals surface area contributed by atoms with Crippen LogP contribution >= 0.6 is 0 Å². The van der Waals surface area contributed by atoms with Gasteiger partial charge in [0.2, 0.25) is 10.0 Å². The Hall–Kier alpha value is -1.14. The van der Waals surface area contributed by atoms with E-state index in [0.29, 0.717) is 24.6 Å². The number of nitrogens with two attached hydrogens (primary N) is 1. The van der Waals surface area contributed by atoms with E-state index < -0.39 is 10.0 Å². The van der Waals surface area contributed by atoms with Gasteiger partial charge in [-0.1, -0.05) is 13.8 Å². The minimum atomic E-state index is -3.43. The molecular weight excluding hydrogens is 226 g/mol. The van der Waals surface area contributed by atoms with Gasteiger partial charge in [-0.15, -0.1) is 0 Å². The van der Waals surface area contributed by atoms with E-state index in [1.54, 1.807) is 20.8 Å². The molecular formula is C10H17N3O2S. The van der Waals surface area contributed by atoms with Gasteiger partial charge < -0.3 is 5.73 Å². The van der Waals surface area contributed by atoms with Crippen molar-refractivity contribution in [3.05, 3.63) is 17.8 Å². The van der Waals surface area contributed by atoms with Gasteiger partial charge in [0.1, 0.15) is 10.7 Å². The zero-order valence-corrected chi connectivity index (χ0v) is 10.6. The average molecular weight is 243 g/mol. The highest BCUT2D eigenvalue weighted by Gasteiger charge is 2.23. The van der Waals surface area contributed by atoms with Gasteiger partial charge in [-0.05, 0) is 19.1 Å². The van der Waals surface area contributed by atoms with E-state index in [-0.39, 0.29) is 4.90 Å². The molecule has 0 aliphatic heterocycles. The molecule has 0 amide bonds. The van der Waals surface area contributed by atoms with Gasteiger partial charge in [0.25, 0.3) is 0 Å². The summed E-state index contributed by atoms with van der Waals surface area (Å²) in [5.41, 5.74) is 5.93. The molecule has 1 rings (SSSR count). The number of nitrogen functional groups attached to an aromatic ring is 1. The van der Waals surface area contributed by atoms with Gasteiger partial charge in [-0.3, -0.25) is 0 Å². The fourth-order valence-electron chi connectivity index (χ4n) is 1.54. The molecule has 1 heterocycles. The molecule has 0 atom stereocenters. The van der Waals surface area contributed by atoms with Crippen molar-refractivity contribution in [3.63, 3.8) is 0 Å². The Balaban J connectivity index is 3.27. The Morgan fingerprint density at radius 1 is 1.31 bits per heavy atom. The number of aromatic nitrogens is 1. The van der Waals surface area contributed by atoms with Crippen LogP contribution in [0, 0.1) is 6.92 Å². The quantitative estimate of drug-likeness (QED) is 0.856. The van der Waals surface area contributed by atoms with Crippen molar-refractivity contribution in [1.82, 2.24) is 9.29 Å². The molecule has 90 valence electrons. The van der Waals surface area contributed by atoms with Crippen molar-refractivity contribution in [2.24, 2.45) is 0 Å². The third-order valence-electron chi connectivity index (χ3n) is 2.38. The first kappa shape index (κ1) is 12.9. The predicted octanol–water partition coefficient (Wildman–Crippen LogP) is 1.00. The second-order valence-electron chi connectivity index (χ2n) is 3.41. The van der Waals surface area contributed by atoms with Crippen LogP contribution in [0.2, 0.25) is 0 Å². The summed E-state index contributed by atoms with van der Waals surface area (Å²) in [4.78, 5) is 4.19. The Morgan fingerprint density at radius 3 is 2.31 bits per heavy atom. The summed E-state index contributed by atoms with van der Waals surface area (Å²) in [6.45, 7) is 6.15. The predicted molar refractivity (Wildman–Crippen MR) is 63.5 cm³/mol. The van der Waals surface area contributed by atoms with Crippen molar-refractivity contribution in [2.45, 2.75) is 25.7 Å². The van der Waals surface area contributed by atoms with E-state index in [1.165, 1.54) is 16.4 Å². The van der Waals surface area contributed by atoms with Gasteiger partial charge in [0, 0.05) is 13.1 Å². The summed E-state index contributed by atoms with van der Waals surface area (Å²) in [7, 11) is -3.43. The molecule has 16 heavy (non-hydrogen) atoms. The molecule has 0 aliphatic carbocycles. The van der Waals surface area contributed by atoms with Crippen LogP contribution in [0.25, 0.3) is 0 Å². The lowest BCUT2D eigenvalue weighted by Gasteiger charge is -2.19. The summed E-state index contributed by atoms with van der Waals surface area (Å²) in [6, 6.07) is 3.01. The summed E-state index contributed by atoms with van der Waals surface area (Å²) in [6.07, 6.45) is 0. The van der Waals surface area contributed by atoms with Crippen LogP contribution in [0.15, 0.2) is 17.0 Å². The third kappa shape index (κ3) is 2.33. The summed E-state index contributed by atoms with van der Waals surface area (Å²) < 4.78 is 25.7. The zero-order chi connectivity index (χ0) is 12.3. The van der Waals surface area contributed by atoms with E-state index in [9.17, 15) is 8.42 Å². The van der Waals surface area contributed by atoms with Gasteiger partial charge in [-0.25, -0.2) is 13.4 Å². The van der Waals surface area contributed by atoms with E-state index in [0.717, 1.165) is 0 Å². The topological polar surface area (TPSA) is 76.3 Å². The molecule has 2 N–H and O–H groups in total. The van der Waals surface area contributed by atoms with Crippen LogP contribution in [0.1, 0.15) is 19.5 Å². The van der Waals surface area contributed by atoms with Crippen LogP contribution in [0.5, 0.6) is 0 Å². The van der Waals surface area contributed by atoms with E-state index in [1.807, 2.05) is 0 Å². The van der Waals surface area contributed by atoms with Crippen LogP contribution < -0.4 is 5.73 Å². The molecule has 0 aliphatic rings. The van der Waals surface area contributed by atoms with E-state index in [2.05, 4.69) is 4.98 Å². The lowest BCUT2D eigenvalue weighted by Crippen LogP contribution is -2.31. The van der Waals surface area contributed by atoms with E-state index in [4.69, 9.17) is 5.73 Å². The van der Waals surface area contributed by atoms with Gasteiger partial charge in [0.05, 0.1) is 5.69 Å². The third-order valence-corrected chi connectivity index (χ3v) is 4.57. The number of rotatable bonds is 4. The maximum Gasteiger partial charge on any atom is 0.244 e. The van der Waals surface area contributed by atoms with Crippen LogP contribution in [0.3, 0.4) is 0 Å². The molecule has 0 fully saturated rings. The van der Waals surface area contributed by atoms with Crippen molar-refractivity contribution in [3.8, 4) is 0 Å². The normalized spacial score (nSPS) is 12.0. The molecule has 6 heteroatoms. The first-order chi connectivity index (χ1) is 7.43. The molecule has 0 radical (unpaired) electrons.